The molecular weight excluding hydrogens is 392 g/mol. The molecule has 0 spiro atoms. The summed E-state index contributed by atoms with van der Waals surface area (Å²) in [6.45, 7) is 1.43. The maximum absolute atomic E-state index is 12.8. The molecule has 0 unspecified atom stereocenters. The fourth-order valence-electron chi connectivity index (χ4n) is 3.93. The van der Waals surface area contributed by atoms with Crippen LogP contribution in [0.3, 0.4) is 0 Å². The minimum atomic E-state index is -0.362. The molecule has 1 aliphatic rings. The minimum absolute atomic E-state index is 0.129. The summed E-state index contributed by atoms with van der Waals surface area (Å²) in [4.78, 5) is 38.1. The van der Waals surface area contributed by atoms with Gasteiger partial charge in [0.25, 0.3) is 5.56 Å². The molecule has 3 N–H and O–H groups in total. The lowest BCUT2D eigenvalue weighted by Crippen LogP contribution is -2.39. The van der Waals surface area contributed by atoms with E-state index in [9.17, 15) is 14.4 Å². The molecule has 0 bridgehead atoms. The van der Waals surface area contributed by atoms with E-state index in [1.54, 1.807) is 21.7 Å². The number of urea groups is 1. The third kappa shape index (κ3) is 4.83. The quantitative estimate of drug-likeness (QED) is 0.669. The molecule has 7 nitrogen and oxygen atoms in total. The summed E-state index contributed by atoms with van der Waals surface area (Å²) in [6.07, 6.45) is 2.54. The zero-order valence-electron chi connectivity index (χ0n) is 17.1. The molecule has 0 aliphatic carbocycles. The lowest BCUT2D eigenvalue weighted by atomic mass is 9.93. The highest BCUT2D eigenvalue weighted by Crippen LogP contribution is 2.23. The summed E-state index contributed by atoms with van der Waals surface area (Å²) in [5, 5.41) is 2.90. The summed E-state index contributed by atoms with van der Waals surface area (Å²) < 4.78 is 1.58. The molecule has 7 heteroatoms. The SMILES string of the molecule is NC(=O)Cc1cccc2c1CCN(C(=O)Nc1ccc(=O)n(Cc3ccccc3)c1)C2. The van der Waals surface area contributed by atoms with Crippen molar-refractivity contribution in [3.63, 3.8) is 0 Å². The number of amides is 3. The van der Waals surface area contributed by atoms with Crippen LogP contribution in [-0.2, 0) is 30.7 Å². The second kappa shape index (κ2) is 8.87. The zero-order valence-corrected chi connectivity index (χ0v) is 17.1. The average Bonchev–Trinajstić information content (AvgIpc) is 2.76. The molecule has 3 aromatic rings. The Morgan fingerprint density at radius 2 is 1.81 bits per heavy atom. The number of carbonyl (C=O) groups excluding carboxylic acids is 2. The van der Waals surface area contributed by atoms with Crippen molar-refractivity contribution >= 4 is 17.6 Å². The van der Waals surface area contributed by atoms with E-state index in [1.165, 1.54) is 6.07 Å². The molecule has 1 aliphatic heterocycles. The Balaban J connectivity index is 1.46. The van der Waals surface area contributed by atoms with Gasteiger partial charge in [-0.25, -0.2) is 4.79 Å². The Bertz CT molecular complexity index is 1170. The topological polar surface area (TPSA) is 97.4 Å². The minimum Gasteiger partial charge on any atom is -0.369 e. The molecule has 0 saturated carbocycles. The third-order valence-electron chi connectivity index (χ3n) is 5.45. The van der Waals surface area contributed by atoms with Gasteiger partial charge in [-0.05, 0) is 34.7 Å². The Morgan fingerprint density at radius 3 is 2.58 bits per heavy atom. The number of nitrogens with zero attached hydrogens (tertiary/aromatic N) is 2. The van der Waals surface area contributed by atoms with Crippen LogP contribution in [-0.4, -0.2) is 28.0 Å². The number of benzene rings is 2. The number of pyridine rings is 1. The maximum Gasteiger partial charge on any atom is 0.322 e. The second-order valence-electron chi connectivity index (χ2n) is 7.67. The maximum atomic E-state index is 12.8. The Hall–Kier alpha value is -3.87. The van der Waals surface area contributed by atoms with Crippen molar-refractivity contribution in [2.45, 2.75) is 25.9 Å². The summed E-state index contributed by atoms with van der Waals surface area (Å²) in [6, 6.07) is 18.3. The smallest absolute Gasteiger partial charge is 0.322 e. The summed E-state index contributed by atoms with van der Waals surface area (Å²) in [7, 11) is 0. The van der Waals surface area contributed by atoms with Gasteiger partial charge < -0.3 is 20.5 Å². The van der Waals surface area contributed by atoms with Gasteiger partial charge >= 0.3 is 6.03 Å². The number of hydrogen-bond donors (Lipinski definition) is 2. The number of nitrogens with two attached hydrogens (primary N) is 1. The predicted octanol–water partition coefficient (Wildman–Crippen LogP) is 2.51. The molecule has 0 fully saturated rings. The highest BCUT2D eigenvalue weighted by molar-refractivity contribution is 5.89. The molecule has 31 heavy (non-hydrogen) atoms. The molecular formula is C24H24N4O3. The molecule has 2 aromatic carbocycles. The van der Waals surface area contributed by atoms with E-state index in [4.69, 9.17) is 5.73 Å². The Kier molecular flexibility index (Phi) is 5.84. The van der Waals surface area contributed by atoms with Crippen LogP contribution in [0.5, 0.6) is 0 Å². The number of hydrogen-bond acceptors (Lipinski definition) is 3. The fourth-order valence-corrected chi connectivity index (χ4v) is 3.93. The monoisotopic (exact) mass is 416 g/mol. The van der Waals surface area contributed by atoms with Gasteiger partial charge in [0.15, 0.2) is 0 Å². The molecule has 158 valence electrons. The number of primary amides is 1. The van der Waals surface area contributed by atoms with Gasteiger partial charge in [-0.2, -0.15) is 0 Å². The molecule has 0 atom stereocenters. The van der Waals surface area contributed by atoms with E-state index in [-0.39, 0.29) is 23.9 Å². The van der Waals surface area contributed by atoms with Crippen molar-refractivity contribution < 1.29 is 9.59 Å². The first-order valence-corrected chi connectivity index (χ1v) is 10.2. The van der Waals surface area contributed by atoms with E-state index < -0.39 is 0 Å². The Labute approximate surface area is 180 Å². The highest BCUT2D eigenvalue weighted by Gasteiger charge is 2.23. The summed E-state index contributed by atoms with van der Waals surface area (Å²) in [5.74, 6) is -0.362. The first-order valence-electron chi connectivity index (χ1n) is 10.2. The van der Waals surface area contributed by atoms with Crippen molar-refractivity contribution in [1.82, 2.24) is 9.47 Å². The standard InChI is InChI=1S/C24H24N4O3/c25-22(29)13-18-7-4-8-19-15-27(12-11-21(18)19)24(31)26-20-9-10-23(30)28(16-20)14-17-5-2-1-3-6-17/h1-10,16H,11-15H2,(H2,25,29)(H,26,31). The first kappa shape index (κ1) is 20.4. The van der Waals surface area contributed by atoms with Crippen LogP contribution in [0.2, 0.25) is 0 Å². The number of carbonyl (C=O) groups is 2. The molecule has 0 saturated heterocycles. The van der Waals surface area contributed by atoms with Crippen LogP contribution >= 0.6 is 0 Å². The number of nitrogens with one attached hydrogen (secondary N) is 1. The van der Waals surface area contributed by atoms with Crippen LogP contribution < -0.4 is 16.6 Å². The number of fused-ring (bicyclic) bond motifs is 1. The van der Waals surface area contributed by atoms with Gasteiger partial charge in [0, 0.05) is 25.4 Å². The average molecular weight is 416 g/mol. The molecule has 3 amide bonds. The van der Waals surface area contributed by atoms with Crippen molar-refractivity contribution in [1.29, 1.82) is 0 Å². The number of rotatable bonds is 5. The van der Waals surface area contributed by atoms with Gasteiger partial charge in [0.05, 0.1) is 18.7 Å². The predicted molar refractivity (Wildman–Crippen MR) is 119 cm³/mol. The lowest BCUT2D eigenvalue weighted by Gasteiger charge is -2.30. The second-order valence-corrected chi connectivity index (χ2v) is 7.67. The van der Waals surface area contributed by atoms with Crippen LogP contribution in [0.1, 0.15) is 22.3 Å². The van der Waals surface area contributed by atoms with E-state index in [0.29, 0.717) is 31.7 Å². The van der Waals surface area contributed by atoms with Gasteiger partial charge in [0.1, 0.15) is 0 Å². The zero-order chi connectivity index (χ0) is 21.8. The van der Waals surface area contributed by atoms with Crippen LogP contribution in [0, 0.1) is 0 Å². The lowest BCUT2D eigenvalue weighted by molar-refractivity contribution is -0.117. The van der Waals surface area contributed by atoms with Crippen molar-refractivity contribution in [2.24, 2.45) is 5.73 Å². The van der Waals surface area contributed by atoms with Crippen LogP contribution in [0.4, 0.5) is 10.5 Å². The van der Waals surface area contributed by atoms with E-state index in [1.807, 2.05) is 48.5 Å². The van der Waals surface area contributed by atoms with Gasteiger partial charge in [-0.1, -0.05) is 48.5 Å². The molecule has 2 heterocycles. The summed E-state index contributed by atoms with van der Waals surface area (Å²) >= 11 is 0. The Morgan fingerprint density at radius 1 is 1.00 bits per heavy atom. The molecule has 1 aromatic heterocycles. The van der Waals surface area contributed by atoms with Crippen molar-refractivity contribution in [3.8, 4) is 0 Å². The van der Waals surface area contributed by atoms with Crippen LogP contribution in [0.15, 0.2) is 71.7 Å². The first-order chi connectivity index (χ1) is 15.0. The fraction of sp³-hybridized carbons (Fsp3) is 0.208. The molecule has 0 radical (unpaired) electrons. The van der Waals surface area contributed by atoms with E-state index >= 15 is 0 Å². The van der Waals surface area contributed by atoms with E-state index in [2.05, 4.69) is 5.32 Å². The highest BCUT2D eigenvalue weighted by atomic mass is 16.2. The molecule has 4 rings (SSSR count). The largest absolute Gasteiger partial charge is 0.369 e. The van der Waals surface area contributed by atoms with Crippen molar-refractivity contribution in [3.05, 3.63) is 99.5 Å². The number of anilines is 1. The van der Waals surface area contributed by atoms with Gasteiger partial charge in [-0.15, -0.1) is 0 Å². The number of aromatic nitrogens is 1. The van der Waals surface area contributed by atoms with Crippen LogP contribution in [0.25, 0.3) is 0 Å². The van der Waals surface area contributed by atoms with E-state index in [0.717, 1.165) is 22.3 Å². The normalized spacial score (nSPS) is 12.8. The third-order valence-corrected chi connectivity index (χ3v) is 5.45. The van der Waals surface area contributed by atoms with Gasteiger partial charge in [-0.3, -0.25) is 9.59 Å². The van der Waals surface area contributed by atoms with Crippen molar-refractivity contribution in [2.75, 3.05) is 11.9 Å². The van der Waals surface area contributed by atoms with Gasteiger partial charge in [0.2, 0.25) is 5.91 Å². The summed E-state index contributed by atoms with van der Waals surface area (Å²) in [5.41, 5.74) is 9.84.